The monoisotopic (exact) mass is 492 g/mol. The van der Waals surface area contributed by atoms with Gasteiger partial charge in [0.25, 0.3) is 0 Å². The van der Waals surface area contributed by atoms with Crippen LogP contribution in [0.5, 0.6) is 5.75 Å². The summed E-state index contributed by atoms with van der Waals surface area (Å²) in [4.78, 5) is 5.11. The fourth-order valence-electron chi connectivity index (χ4n) is 5.37. The Balaban J connectivity index is 1.49. The second kappa shape index (κ2) is 9.47. The number of aliphatic hydroxyl groups is 1. The van der Waals surface area contributed by atoms with Gasteiger partial charge in [-0.25, -0.2) is 4.39 Å². The highest BCUT2D eigenvalue weighted by molar-refractivity contribution is 5.80. The molecular formula is C27H32F4N2O2. The maximum Gasteiger partial charge on any atom is 0.418 e. The number of nitrogens with zero attached hydrogens (tertiary/aromatic N) is 1. The molecule has 1 aliphatic rings. The number of β-amino-alcohol motifs (C(OH)–C–C–N with tert-alkyl or cyclic N) is 1. The van der Waals surface area contributed by atoms with Gasteiger partial charge in [0.1, 0.15) is 11.6 Å². The molecule has 1 saturated heterocycles. The first-order valence-corrected chi connectivity index (χ1v) is 11.8. The number of hydrogen-bond acceptors (Lipinski definition) is 3. The van der Waals surface area contributed by atoms with Crippen LogP contribution in [0, 0.1) is 5.82 Å². The number of aromatic nitrogens is 1. The van der Waals surface area contributed by atoms with Crippen LogP contribution < -0.4 is 4.74 Å². The first-order valence-electron chi connectivity index (χ1n) is 11.8. The molecule has 0 spiro atoms. The number of nitrogens with one attached hydrogen (secondary N) is 1. The molecule has 3 aromatic rings. The molecule has 0 amide bonds. The molecule has 1 fully saturated rings. The maximum atomic E-state index is 14.2. The van der Waals surface area contributed by atoms with Gasteiger partial charge >= 0.3 is 6.18 Å². The minimum Gasteiger partial charge on any atom is -0.496 e. The van der Waals surface area contributed by atoms with Crippen molar-refractivity contribution >= 4 is 10.9 Å². The lowest BCUT2D eigenvalue weighted by Gasteiger charge is -2.42. The van der Waals surface area contributed by atoms with E-state index in [4.69, 9.17) is 4.74 Å². The van der Waals surface area contributed by atoms with Gasteiger partial charge in [0, 0.05) is 29.2 Å². The zero-order valence-corrected chi connectivity index (χ0v) is 20.3. The summed E-state index contributed by atoms with van der Waals surface area (Å²) in [7, 11) is 1.39. The number of aromatic amines is 1. The van der Waals surface area contributed by atoms with Crippen LogP contribution >= 0.6 is 0 Å². The van der Waals surface area contributed by atoms with Gasteiger partial charge in [0.2, 0.25) is 0 Å². The molecule has 1 aromatic heterocycles. The largest absolute Gasteiger partial charge is 0.496 e. The second-order valence-corrected chi connectivity index (χ2v) is 10.3. The van der Waals surface area contributed by atoms with Crippen LogP contribution in [0.2, 0.25) is 0 Å². The highest BCUT2D eigenvalue weighted by Crippen LogP contribution is 2.44. The number of benzene rings is 2. The van der Waals surface area contributed by atoms with E-state index in [0.717, 1.165) is 16.6 Å². The fourth-order valence-corrected chi connectivity index (χ4v) is 5.37. The quantitative estimate of drug-likeness (QED) is 0.389. The second-order valence-electron chi connectivity index (χ2n) is 10.3. The molecule has 35 heavy (non-hydrogen) atoms. The normalized spacial score (nSPS) is 18.1. The van der Waals surface area contributed by atoms with Crippen LogP contribution in [0.3, 0.4) is 0 Å². The van der Waals surface area contributed by atoms with E-state index in [1.807, 2.05) is 24.3 Å². The smallest absolute Gasteiger partial charge is 0.418 e. The number of ether oxygens (including phenoxy) is 1. The zero-order chi connectivity index (χ0) is 25.4. The summed E-state index contributed by atoms with van der Waals surface area (Å²) >= 11 is 0. The van der Waals surface area contributed by atoms with E-state index >= 15 is 0 Å². The molecule has 190 valence electrons. The Morgan fingerprint density at radius 1 is 1.06 bits per heavy atom. The molecule has 0 aliphatic carbocycles. The summed E-state index contributed by atoms with van der Waals surface area (Å²) in [6.45, 7) is 3.51. The van der Waals surface area contributed by atoms with Crippen molar-refractivity contribution in [3.05, 3.63) is 65.6 Å². The van der Waals surface area contributed by atoms with Crippen molar-refractivity contribution in [3.63, 3.8) is 0 Å². The highest BCUT2D eigenvalue weighted by Gasteiger charge is 2.57. The molecule has 0 saturated carbocycles. The van der Waals surface area contributed by atoms with E-state index < -0.39 is 36.0 Å². The molecule has 8 heteroatoms. The van der Waals surface area contributed by atoms with Gasteiger partial charge < -0.3 is 19.7 Å². The van der Waals surface area contributed by atoms with Gasteiger partial charge in [-0.2, -0.15) is 13.2 Å². The van der Waals surface area contributed by atoms with Crippen molar-refractivity contribution in [2.24, 2.45) is 0 Å². The number of likely N-dealkylation sites (tertiary alicyclic amines) is 1. The number of H-pyrrole nitrogens is 1. The number of fused-ring (bicyclic) bond motifs is 1. The van der Waals surface area contributed by atoms with E-state index in [1.54, 1.807) is 18.7 Å². The number of alkyl halides is 3. The van der Waals surface area contributed by atoms with Gasteiger partial charge in [0.05, 0.1) is 7.11 Å². The molecule has 4 nitrogen and oxygen atoms in total. The van der Waals surface area contributed by atoms with Gasteiger partial charge in [-0.05, 0) is 73.5 Å². The van der Waals surface area contributed by atoms with Crippen molar-refractivity contribution in [1.82, 2.24) is 9.88 Å². The molecule has 1 aliphatic heterocycles. The Bertz CT molecular complexity index is 1130. The third kappa shape index (κ3) is 5.33. The SMILES string of the molecule is COc1ccc(F)cc1C(C)(C)CC(O)(CN1CCC(c2cc3ccccc3[nH]2)CC1)C(F)(F)F. The lowest BCUT2D eigenvalue weighted by Crippen LogP contribution is -2.57. The van der Waals surface area contributed by atoms with Crippen LogP contribution in [0.25, 0.3) is 10.9 Å². The minimum atomic E-state index is -4.85. The van der Waals surface area contributed by atoms with Gasteiger partial charge in [-0.1, -0.05) is 32.0 Å². The van der Waals surface area contributed by atoms with Crippen LogP contribution in [-0.4, -0.2) is 53.5 Å². The minimum absolute atomic E-state index is 0.227. The van der Waals surface area contributed by atoms with Gasteiger partial charge in [-0.15, -0.1) is 0 Å². The average molecular weight is 493 g/mol. The molecule has 2 aromatic carbocycles. The van der Waals surface area contributed by atoms with Crippen LogP contribution in [0.1, 0.15) is 50.3 Å². The molecule has 0 bridgehead atoms. The number of rotatable bonds is 7. The summed E-state index contributed by atoms with van der Waals surface area (Å²) in [6, 6.07) is 13.9. The Labute approximate surface area is 202 Å². The third-order valence-electron chi connectivity index (χ3n) is 7.22. The Morgan fingerprint density at radius 3 is 2.37 bits per heavy atom. The summed E-state index contributed by atoms with van der Waals surface area (Å²) in [5.74, 6) is -0.0471. The molecule has 1 unspecified atom stereocenters. The van der Waals surface area contributed by atoms with Crippen LogP contribution in [-0.2, 0) is 5.41 Å². The number of piperidine rings is 1. The summed E-state index contributed by atoms with van der Waals surface area (Å²) in [5.41, 5.74) is -1.72. The van der Waals surface area contributed by atoms with E-state index in [9.17, 15) is 22.7 Å². The Hall–Kier alpha value is -2.58. The van der Waals surface area contributed by atoms with Gasteiger partial charge in [-0.3, -0.25) is 0 Å². The lowest BCUT2D eigenvalue weighted by molar-refractivity contribution is -0.272. The van der Waals surface area contributed by atoms with E-state index in [-0.39, 0.29) is 5.92 Å². The Kier molecular flexibility index (Phi) is 6.90. The first kappa shape index (κ1) is 25.5. The van der Waals surface area contributed by atoms with E-state index in [2.05, 4.69) is 11.1 Å². The van der Waals surface area contributed by atoms with Crippen molar-refractivity contribution < 1.29 is 27.4 Å². The van der Waals surface area contributed by atoms with Crippen molar-refractivity contribution in [1.29, 1.82) is 0 Å². The van der Waals surface area contributed by atoms with Crippen molar-refractivity contribution in [3.8, 4) is 5.75 Å². The molecule has 0 radical (unpaired) electrons. The standard InChI is InChI=1S/C27H32F4N2O2/c1-25(2,21-15-20(28)8-9-24(21)35-3)16-26(34,27(29,30)31)17-33-12-10-18(11-13-33)23-14-19-6-4-5-7-22(19)32-23/h4-9,14-15,18,32,34H,10-13,16-17H2,1-3H3. The molecule has 4 rings (SSSR count). The van der Waals surface area contributed by atoms with Crippen LogP contribution in [0.4, 0.5) is 17.6 Å². The third-order valence-corrected chi connectivity index (χ3v) is 7.22. The Morgan fingerprint density at radius 2 is 1.74 bits per heavy atom. The van der Waals surface area contributed by atoms with Crippen LogP contribution in [0.15, 0.2) is 48.5 Å². The summed E-state index contributed by atoms with van der Waals surface area (Å²) < 4.78 is 61.9. The van der Waals surface area contributed by atoms with Crippen molar-refractivity contribution in [2.75, 3.05) is 26.7 Å². The highest BCUT2D eigenvalue weighted by atomic mass is 19.4. The number of para-hydroxylation sites is 1. The summed E-state index contributed by atoms with van der Waals surface area (Å²) in [5, 5.41) is 12.1. The van der Waals surface area contributed by atoms with E-state index in [0.29, 0.717) is 37.2 Å². The molecule has 2 heterocycles. The predicted molar refractivity (Wildman–Crippen MR) is 128 cm³/mol. The number of halogens is 4. The lowest BCUT2D eigenvalue weighted by atomic mass is 9.74. The molecule has 1 atom stereocenters. The zero-order valence-electron chi connectivity index (χ0n) is 20.3. The van der Waals surface area contributed by atoms with Crippen molar-refractivity contribution in [2.45, 2.75) is 56.2 Å². The topological polar surface area (TPSA) is 48.5 Å². The first-order chi connectivity index (χ1) is 16.4. The number of methoxy groups -OCH3 is 1. The molecular weight excluding hydrogens is 460 g/mol. The number of hydrogen-bond donors (Lipinski definition) is 2. The predicted octanol–water partition coefficient (Wildman–Crippen LogP) is 6.16. The van der Waals surface area contributed by atoms with Gasteiger partial charge in [0.15, 0.2) is 5.60 Å². The maximum absolute atomic E-state index is 14.2. The van der Waals surface area contributed by atoms with E-state index in [1.165, 1.54) is 25.3 Å². The average Bonchev–Trinajstić information content (AvgIpc) is 3.23. The fraction of sp³-hybridized carbons (Fsp3) is 0.481. The molecule has 2 N–H and O–H groups in total. The summed E-state index contributed by atoms with van der Waals surface area (Å²) in [6.07, 6.45) is -4.08.